The van der Waals surface area contributed by atoms with Gasteiger partial charge in [0.05, 0.1) is 19.3 Å². The molecular formula is C11H13NO3. The van der Waals surface area contributed by atoms with Crippen molar-refractivity contribution in [2.75, 3.05) is 13.7 Å². The second-order valence-electron chi connectivity index (χ2n) is 2.77. The Balaban J connectivity index is 3.06. The number of carbonyl (C=O) groups is 1. The first kappa shape index (κ1) is 11.2. The Kier molecular flexibility index (Phi) is 3.85. The summed E-state index contributed by atoms with van der Waals surface area (Å²) in [5.74, 6) is -0.000692. The highest BCUT2D eigenvalue weighted by Crippen LogP contribution is 2.18. The van der Waals surface area contributed by atoms with Gasteiger partial charge in [0, 0.05) is 18.0 Å². The van der Waals surface area contributed by atoms with Gasteiger partial charge in [0.1, 0.15) is 5.76 Å². The summed E-state index contributed by atoms with van der Waals surface area (Å²) in [5.41, 5.74) is 0.970. The molecule has 0 saturated carbocycles. The predicted molar refractivity (Wildman–Crippen MR) is 56.2 cm³/mol. The summed E-state index contributed by atoms with van der Waals surface area (Å²) in [6.45, 7) is 6.06. The maximum Gasteiger partial charge on any atom is 0.338 e. The molecule has 0 aliphatic carbocycles. The van der Waals surface area contributed by atoms with Crippen molar-refractivity contribution in [1.82, 2.24) is 4.98 Å². The van der Waals surface area contributed by atoms with Crippen molar-refractivity contribution >= 4 is 11.7 Å². The molecule has 0 N–H and O–H groups in total. The lowest BCUT2D eigenvalue weighted by Crippen LogP contribution is -2.06. The Bertz CT molecular complexity index is 374. The van der Waals surface area contributed by atoms with Crippen LogP contribution in [0.15, 0.2) is 25.0 Å². The van der Waals surface area contributed by atoms with Crippen LogP contribution in [0.25, 0.3) is 5.76 Å². The van der Waals surface area contributed by atoms with Crippen molar-refractivity contribution in [3.8, 4) is 0 Å². The fourth-order valence-electron chi connectivity index (χ4n) is 1.16. The molecule has 0 saturated heterocycles. The molecule has 0 aliphatic heterocycles. The summed E-state index contributed by atoms with van der Waals surface area (Å²) >= 11 is 0. The smallest absolute Gasteiger partial charge is 0.338 e. The number of hydrogen-bond donors (Lipinski definition) is 0. The number of pyridine rings is 1. The minimum atomic E-state index is -0.423. The highest BCUT2D eigenvalue weighted by molar-refractivity contribution is 5.94. The molecule has 1 aromatic rings. The van der Waals surface area contributed by atoms with E-state index in [0.29, 0.717) is 23.5 Å². The largest absolute Gasteiger partial charge is 0.494 e. The van der Waals surface area contributed by atoms with Gasteiger partial charge in [-0.05, 0) is 13.0 Å². The lowest BCUT2D eigenvalue weighted by molar-refractivity contribution is 0.0599. The van der Waals surface area contributed by atoms with Crippen LogP contribution in [0.3, 0.4) is 0 Å². The van der Waals surface area contributed by atoms with Gasteiger partial charge in [-0.2, -0.15) is 0 Å². The highest BCUT2D eigenvalue weighted by Gasteiger charge is 2.14. The number of hydrogen-bond acceptors (Lipinski definition) is 4. The van der Waals surface area contributed by atoms with Crippen molar-refractivity contribution in [1.29, 1.82) is 0 Å². The summed E-state index contributed by atoms with van der Waals surface area (Å²) in [6.07, 6.45) is 3.05. The van der Waals surface area contributed by atoms with Gasteiger partial charge in [-0.15, -0.1) is 0 Å². The lowest BCUT2D eigenvalue weighted by Gasteiger charge is -2.09. The minimum Gasteiger partial charge on any atom is -0.494 e. The Morgan fingerprint density at radius 1 is 1.53 bits per heavy atom. The molecule has 1 rings (SSSR count). The van der Waals surface area contributed by atoms with E-state index < -0.39 is 5.97 Å². The number of nitrogens with zero attached hydrogens (tertiary/aromatic N) is 1. The van der Waals surface area contributed by atoms with Gasteiger partial charge in [-0.25, -0.2) is 4.79 Å². The van der Waals surface area contributed by atoms with Crippen LogP contribution in [0.1, 0.15) is 22.8 Å². The van der Waals surface area contributed by atoms with E-state index in [1.807, 2.05) is 6.92 Å². The van der Waals surface area contributed by atoms with Crippen LogP contribution in [0, 0.1) is 0 Å². The Morgan fingerprint density at radius 3 is 2.87 bits per heavy atom. The maximum atomic E-state index is 11.4. The third kappa shape index (κ3) is 2.56. The quantitative estimate of drug-likeness (QED) is 0.558. The van der Waals surface area contributed by atoms with E-state index in [-0.39, 0.29) is 0 Å². The van der Waals surface area contributed by atoms with Crippen LogP contribution >= 0.6 is 0 Å². The van der Waals surface area contributed by atoms with Crippen molar-refractivity contribution in [2.24, 2.45) is 0 Å². The first-order valence-corrected chi connectivity index (χ1v) is 4.55. The van der Waals surface area contributed by atoms with Gasteiger partial charge < -0.3 is 9.47 Å². The zero-order valence-corrected chi connectivity index (χ0v) is 8.82. The summed E-state index contributed by atoms with van der Waals surface area (Å²) in [4.78, 5) is 15.3. The summed E-state index contributed by atoms with van der Waals surface area (Å²) in [6, 6.07) is 1.57. The second-order valence-corrected chi connectivity index (χ2v) is 2.77. The minimum absolute atomic E-state index is 0.408. The Labute approximate surface area is 88.5 Å². The summed E-state index contributed by atoms with van der Waals surface area (Å²) in [7, 11) is 1.33. The lowest BCUT2D eigenvalue weighted by atomic mass is 10.1. The first-order valence-electron chi connectivity index (χ1n) is 4.55. The highest BCUT2D eigenvalue weighted by atomic mass is 16.5. The van der Waals surface area contributed by atoms with E-state index >= 15 is 0 Å². The molecule has 4 nitrogen and oxygen atoms in total. The molecule has 0 aliphatic rings. The molecule has 0 unspecified atom stereocenters. The van der Waals surface area contributed by atoms with Gasteiger partial charge >= 0.3 is 5.97 Å². The molecule has 1 heterocycles. The monoisotopic (exact) mass is 207 g/mol. The van der Waals surface area contributed by atoms with E-state index in [0.717, 1.165) is 0 Å². The number of ether oxygens (including phenoxy) is 2. The average Bonchev–Trinajstić information content (AvgIpc) is 2.28. The normalized spacial score (nSPS) is 9.47. The number of rotatable bonds is 4. The van der Waals surface area contributed by atoms with Crippen LogP contribution < -0.4 is 0 Å². The molecular weight excluding hydrogens is 194 g/mol. The van der Waals surface area contributed by atoms with Crippen LogP contribution in [0.2, 0.25) is 0 Å². The third-order valence-electron chi connectivity index (χ3n) is 1.85. The predicted octanol–water partition coefficient (Wildman–Crippen LogP) is 1.88. The van der Waals surface area contributed by atoms with Crippen molar-refractivity contribution in [3.05, 3.63) is 36.2 Å². The Morgan fingerprint density at radius 2 is 2.27 bits per heavy atom. The van der Waals surface area contributed by atoms with E-state index in [4.69, 9.17) is 4.74 Å². The molecule has 15 heavy (non-hydrogen) atoms. The Hall–Kier alpha value is -1.84. The molecule has 0 atom stereocenters. The molecule has 0 radical (unpaired) electrons. The van der Waals surface area contributed by atoms with Crippen LogP contribution in [-0.2, 0) is 9.47 Å². The fraction of sp³-hybridized carbons (Fsp3) is 0.273. The van der Waals surface area contributed by atoms with Gasteiger partial charge in [0.25, 0.3) is 0 Å². The van der Waals surface area contributed by atoms with E-state index in [9.17, 15) is 4.79 Å². The van der Waals surface area contributed by atoms with Gasteiger partial charge in [-0.1, -0.05) is 6.58 Å². The molecule has 80 valence electrons. The van der Waals surface area contributed by atoms with Crippen molar-refractivity contribution in [3.63, 3.8) is 0 Å². The molecule has 0 aromatic carbocycles. The van der Waals surface area contributed by atoms with Gasteiger partial charge in [0.15, 0.2) is 0 Å². The van der Waals surface area contributed by atoms with Crippen LogP contribution in [-0.4, -0.2) is 24.7 Å². The number of methoxy groups -OCH3 is 1. The maximum absolute atomic E-state index is 11.4. The van der Waals surface area contributed by atoms with Crippen molar-refractivity contribution < 1.29 is 14.3 Å². The summed E-state index contributed by atoms with van der Waals surface area (Å²) in [5, 5.41) is 0. The van der Waals surface area contributed by atoms with Crippen molar-refractivity contribution in [2.45, 2.75) is 6.92 Å². The molecule has 1 aromatic heterocycles. The third-order valence-corrected chi connectivity index (χ3v) is 1.85. The first-order chi connectivity index (χ1) is 7.20. The van der Waals surface area contributed by atoms with E-state index in [1.165, 1.54) is 19.5 Å². The SMILES string of the molecule is C=C(OCC)c1cnccc1C(=O)OC. The number of carbonyl (C=O) groups excluding carboxylic acids is 1. The summed E-state index contributed by atoms with van der Waals surface area (Å²) < 4.78 is 9.86. The molecule has 0 bridgehead atoms. The van der Waals surface area contributed by atoms with Crippen LogP contribution in [0.4, 0.5) is 0 Å². The zero-order chi connectivity index (χ0) is 11.3. The second kappa shape index (κ2) is 5.14. The van der Waals surface area contributed by atoms with E-state index in [1.54, 1.807) is 6.07 Å². The standard InChI is InChI=1S/C11H13NO3/c1-4-15-8(2)10-7-12-6-5-9(10)11(13)14-3/h5-7H,2,4H2,1,3H3. The fourth-order valence-corrected chi connectivity index (χ4v) is 1.16. The zero-order valence-electron chi connectivity index (χ0n) is 8.82. The molecule has 4 heteroatoms. The van der Waals surface area contributed by atoms with Gasteiger partial charge in [-0.3, -0.25) is 4.98 Å². The molecule has 0 spiro atoms. The van der Waals surface area contributed by atoms with E-state index in [2.05, 4.69) is 16.3 Å². The van der Waals surface area contributed by atoms with Gasteiger partial charge in [0.2, 0.25) is 0 Å². The number of aromatic nitrogens is 1. The average molecular weight is 207 g/mol. The number of esters is 1. The molecule has 0 amide bonds. The molecule has 0 fully saturated rings. The van der Waals surface area contributed by atoms with Crippen LogP contribution in [0.5, 0.6) is 0 Å². The topological polar surface area (TPSA) is 48.4 Å².